The van der Waals surface area contributed by atoms with Crippen LogP contribution in [0.1, 0.15) is 37.8 Å². The van der Waals surface area contributed by atoms with Gasteiger partial charge in [0.25, 0.3) is 0 Å². The van der Waals surface area contributed by atoms with Gasteiger partial charge in [-0.1, -0.05) is 13.8 Å². The first-order valence-corrected chi connectivity index (χ1v) is 7.73. The molecule has 0 bridgehead atoms. The van der Waals surface area contributed by atoms with Gasteiger partial charge in [0.15, 0.2) is 0 Å². The molecule has 1 aromatic carbocycles. The molecule has 0 fully saturated rings. The standard InChI is InChI=1S/C17H24N2O3/c1-6-12-16(20)19(14(7-2)17(21)22-5)15-9-11(4)10(3)8-13(15)18-12/h8-9,12,14,18H,6-7H2,1-5H3. The summed E-state index contributed by atoms with van der Waals surface area (Å²) in [5.41, 5.74) is 3.90. The van der Waals surface area contributed by atoms with Crippen LogP contribution >= 0.6 is 0 Å². The molecule has 2 atom stereocenters. The van der Waals surface area contributed by atoms with Gasteiger partial charge in [-0.3, -0.25) is 9.69 Å². The molecule has 120 valence electrons. The summed E-state index contributed by atoms with van der Waals surface area (Å²) in [4.78, 5) is 26.5. The van der Waals surface area contributed by atoms with Crippen LogP contribution in [-0.2, 0) is 14.3 Å². The van der Waals surface area contributed by atoms with E-state index in [9.17, 15) is 9.59 Å². The zero-order valence-corrected chi connectivity index (χ0v) is 13.9. The molecule has 0 spiro atoms. The minimum atomic E-state index is -0.588. The number of nitrogens with one attached hydrogen (secondary N) is 1. The average molecular weight is 304 g/mol. The van der Waals surface area contributed by atoms with E-state index in [1.807, 2.05) is 39.8 Å². The van der Waals surface area contributed by atoms with Crippen molar-refractivity contribution in [2.45, 2.75) is 52.6 Å². The van der Waals surface area contributed by atoms with Crippen molar-refractivity contribution in [1.82, 2.24) is 0 Å². The molecule has 1 aliphatic heterocycles. The smallest absolute Gasteiger partial charge is 0.328 e. The largest absolute Gasteiger partial charge is 0.467 e. The molecule has 0 radical (unpaired) electrons. The van der Waals surface area contributed by atoms with Gasteiger partial charge in [-0.05, 0) is 49.9 Å². The number of carbonyl (C=O) groups is 2. The second kappa shape index (κ2) is 6.38. The molecular formula is C17H24N2O3. The van der Waals surface area contributed by atoms with E-state index in [1.165, 1.54) is 7.11 Å². The van der Waals surface area contributed by atoms with Crippen LogP contribution in [0.4, 0.5) is 11.4 Å². The summed E-state index contributed by atoms with van der Waals surface area (Å²) >= 11 is 0. The number of hydrogen-bond donors (Lipinski definition) is 1. The third kappa shape index (κ3) is 2.67. The first-order chi connectivity index (χ1) is 10.4. The lowest BCUT2D eigenvalue weighted by Crippen LogP contribution is -2.54. The average Bonchev–Trinajstić information content (AvgIpc) is 2.51. The normalized spacial score (nSPS) is 18.5. The summed E-state index contributed by atoms with van der Waals surface area (Å²) in [5.74, 6) is -0.452. The summed E-state index contributed by atoms with van der Waals surface area (Å²) in [7, 11) is 1.36. The van der Waals surface area contributed by atoms with E-state index < -0.39 is 6.04 Å². The Bertz CT molecular complexity index is 598. The molecule has 1 aliphatic rings. The van der Waals surface area contributed by atoms with Crippen molar-refractivity contribution in [2.75, 3.05) is 17.3 Å². The first-order valence-electron chi connectivity index (χ1n) is 7.73. The Morgan fingerprint density at radius 3 is 2.50 bits per heavy atom. The quantitative estimate of drug-likeness (QED) is 0.869. The van der Waals surface area contributed by atoms with Crippen LogP contribution in [0.3, 0.4) is 0 Å². The number of amides is 1. The van der Waals surface area contributed by atoms with Gasteiger partial charge in [0.05, 0.1) is 18.5 Å². The Balaban J connectivity index is 2.58. The maximum absolute atomic E-state index is 12.8. The van der Waals surface area contributed by atoms with Gasteiger partial charge in [0.1, 0.15) is 12.1 Å². The molecule has 5 heteroatoms. The van der Waals surface area contributed by atoms with Gasteiger partial charge in [-0.25, -0.2) is 4.79 Å². The van der Waals surface area contributed by atoms with E-state index in [0.29, 0.717) is 12.8 Å². The first kappa shape index (κ1) is 16.3. The highest BCUT2D eigenvalue weighted by Crippen LogP contribution is 2.36. The van der Waals surface area contributed by atoms with Crippen LogP contribution in [0.2, 0.25) is 0 Å². The summed E-state index contributed by atoms with van der Waals surface area (Å²) in [6, 6.07) is 3.10. The minimum absolute atomic E-state index is 0.0736. The molecule has 0 saturated carbocycles. The van der Waals surface area contributed by atoms with Crippen molar-refractivity contribution in [3.05, 3.63) is 23.3 Å². The van der Waals surface area contributed by atoms with Crippen LogP contribution < -0.4 is 10.2 Å². The predicted molar refractivity (Wildman–Crippen MR) is 87.2 cm³/mol. The van der Waals surface area contributed by atoms with Gasteiger partial charge in [-0.15, -0.1) is 0 Å². The molecule has 0 saturated heterocycles. The fraction of sp³-hybridized carbons (Fsp3) is 0.529. The van der Waals surface area contributed by atoms with E-state index in [1.54, 1.807) is 4.90 Å². The lowest BCUT2D eigenvalue weighted by Gasteiger charge is -2.39. The molecule has 0 aliphatic carbocycles. The number of hydrogen-bond acceptors (Lipinski definition) is 4. The number of aryl methyl sites for hydroxylation is 2. The van der Waals surface area contributed by atoms with Gasteiger partial charge >= 0.3 is 5.97 Å². The Hall–Kier alpha value is -2.04. The second-order valence-corrected chi connectivity index (χ2v) is 5.71. The monoisotopic (exact) mass is 304 g/mol. The Morgan fingerprint density at radius 1 is 1.32 bits per heavy atom. The molecule has 2 rings (SSSR count). The van der Waals surface area contributed by atoms with E-state index in [4.69, 9.17) is 4.74 Å². The number of esters is 1. The van der Waals surface area contributed by atoms with E-state index in [-0.39, 0.29) is 17.9 Å². The van der Waals surface area contributed by atoms with Crippen LogP contribution in [0.5, 0.6) is 0 Å². The van der Waals surface area contributed by atoms with Gasteiger partial charge in [0, 0.05) is 0 Å². The highest BCUT2D eigenvalue weighted by Gasteiger charge is 2.38. The van der Waals surface area contributed by atoms with Crippen LogP contribution in [-0.4, -0.2) is 31.1 Å². The van der Waals surface area contributed by atoms with E-state index >= 15 is 0 Å². The van der Waals surface area contributed by atoms with Crippen LogP contribution in [0, 0.1) is 13.8 Å². The zero-order chi connectivity index (χ0) is 16.4. The van der Waals surface area contributed by atoms with Crippen LogP contribution in [0.15, 0.2) is 12.1 Å². The zero-order valence-electron chi connectivity index (χ0n) is 13.9. The summed E-state index contributed by atoms with van der Waals surface area (Å²) in [6.07, 6.45) is 1.18. The molecule has 1 N–H and O–H groups in total. The fourth-order valence-electron chi connectivity index (χ4n) is 2.84. The lowest BCUT2D eigenvalue weighted by atomic mass is 9.99. The second-order valence-electron chi connectivity index (χ2n) is 5.71. The molecular weight excluding hydrogens is 280 g/mol. The van der Waals surface area contributed by atoms with Crippen LogP contribution in [0.25, 0.3) is 0 Å². The maximum atomic E-state index is 12.8. The van der Waals surface area contributed by atoms with E-state index in [2.05, 4.69) is 5.32 Å². The summed E-state index contributed by atoms with van der Waals surface area (Å²) < 4.78 is 4.89. The van der Waals surface area contributed by atoms with Crippen molar-refractivity contribution in [3.8, 4) is 0 Å². The lowest BCUT2D eigenvalue weighted by molar-refractivity contribution is -0.143. The Labute approximate surface area is 131 Å². The molecule has 1 amide bonds. The van der Waals surface area contributed by atoms with E-state index in [0.717, 1.165) is 22.5 Å². The van der Waals surface area contributed by atoms with Crippen molar-refractivity contribution >= 4 is 23.3 Å². The number of fused-ring (bicyclic) bond motifs is 1. The number of methoxy groups -OCH3 is 1. The number of anilines is 2. The minimum Gasteiger partial charge on any atom is -0.467 e. The third-order valence-electron chi connectivity index (χ3n) is 4.32. The summed E-state index contributed by atoms with van der Waals surface area (Å²) in [5, 5.41) is 3.29. The van der Waals surface area contributed by atoms with Crippen molar-refractivity contribution < 1.29 is 14.3 Å². The van der Waals surface area contributed by atoms with Gasteiger partial charge in [0.2, 0.25) is 5.91 Å². The van der Waals surface area contributed by atoms with Gasteiger partial charge in [-0.2, -0.15) is 0 Å². The van der Waals surface area contributed by atoms with Crippen molar-refractivity contribution in [3.63, 3.8) is 0 Å². The number of ether oxygens (including phenoxy) is 1. The topological polar surface area (TPSA) is 58.6 Å². The van der Waals surface area contributed by atoms with Crippen molar-refractivity contribution in [2.24, 2.45) is 0 Å². The Morgan fingerprint density at radius 2 is 1.95 bits per heavy atom. The number of benzene rings is 1. The predicted octanol–water partition coefficient (Wildman–Crippen LogP) is 2.79. The SMILES string of the molecule is CCC1Nc2cc(C)c(C)cc2N(C(CC)C(=O)OC)C1=O. The highest BCUT2D eigenvalue weighted by molar-refractivity contribution is 6.08. The number of nitrogens with zero attached hydrogens (tertiary/aromatic N) is 1. The third-order valence-corrected chi connectivity index (χ3v) is 4.32. The van der Waals surface area contributed by atoms with Crippen molar-refractivity contribution in [1.29, 1.82) is 0 Å². The number of rotatable bonds is 4. The molecule has 1 aromatic rings. The highest BCUT2D eigenvalue weighted by atomic mass is 16.5. The molecule has 0 aromatic heterocycles. The molecule has 22 heavy (non-hydrogen) atoms. The number of carbonyl (C=O) groups excluding carboxylic acids is 2. The molecule has 5 nitrogen and oxygen atoms in total. The fourth-order valence-corrected chi connectivity index (χ4v) is 2.84. The Kier molecular flexibility index (Phi) is 4.74. The summed E-state index contributed by atoms with van der Waals surface area (Å²) in [6.45, 7) is 7.89. The maximum Gasteiger partial charge on any atom is 0.328 e. The molecule has 2 unspecified atom stereocenters. The van der Waals surface area contributed by atoms with Gasteiger partial charge < -0.3 is 10.1 Å². The molecule has 1 heterocycles.